The van der Waals surface area contributed by atoms with E-state index in [2.05, 4.69) is 11.5 Å². The van der Waals surface area contributed by atoms with Crippen molar-refractivity contribution in [2.24, 2.45) is 0 Å². The van der Waals surface area contributed by atoms with Crippen LogP contribution in [0, 0.1) is 0 Å². The number of ether oxygens (including phenoxy) is 1. The molecule has 0 spiro atoms. The standard InChI is InChI=1S/C14H18ClNO2/c1-4-5-16-8-11(9(2)17)10-6-14(18-3)12(15)7-13(10)16/h6-9,17H,4-5H2,1-3H3. The van der Waals surface area contributed by atoms with Crippen LogP contribution in [0.2, 0.25) is 5.02 Å². The molecule has 1 atom stereocenters. The fourth-order valence-corrected chi connectivity index (χ4v) is 2.47. The van der Waals surface area contributed by atoms with E-state index in [4.69, 9.17) is 16.3 Å². The van der Waals surface area contributed by atoms with Crippen LogP contribution in [-0.4, -0.2) is 16.8 Å². The van der Waals surface area contributed by atoms with Gasteiger partial charge in [0.1, 0.15) is 5.75 Å². The summed E-state index contributed by atoms with van der Waals surface area (Å²) in [5.41, 5.74) is 1.95. The molecule has 0 amide bonds. The minimum Gasteiger partial charge on any atom is -0.495 e. The van der Waals surface area contributed by atoms with Gasteiger partial charge in [0.25, 0.3) is 0 Å². The van der Waals surface area contributed by atoms with Gasteiger partial charge in [0, 0.05) is 23.7 Å². The summed E-state index contributed by atoms with van der Waals surface area (Å²) in [5.74, 6) is 0.639. The third-order valence-electron chi connectivity index (χ3n) is 3.10. The van der Waals surface area contributed by atoms with Gasteiger partial charge in [-0.3, -0.25) is 0 Å². The Morgan fingerprint density at radius 1 is 1.44 bits per heavy atom. The molecular weight excluding hydrogens is 250 g/mol. The van der Waals surface area contributed by atoms with Crippen LogP contribution >= 0.6 is 11.6 Å². The van der Waals surface area contributed by atoms with Crippen molar-refractivity contribution in [2.45, 2.75) is 32.9 Å². The molecule has 1 aromatic carbocycles. The van der Waals surface area contributed by atoms with E-state index < -0.39 is 6.10 Å². The number of methoxy groups -OCH3 is 1. The molecule has 0 bridgehead atoms. The second-order valence-electron chi connectivity index (χ2n) is 4.46. The summed E-state index contributed by atoms with van der Waals surface area (Å²) in [5, 5.41) is 11.4. The van der Waals surface area contributed by atoms with E-state index in [1.54, 1.807) is 14.0 Å². The maximum Gasteiger partial charge on any atom is 0.138 e. The molecule has 0 saturated carbocycles. The molecule has 0 aliphatic carbocycles. The zero-order valence-corrected chi connectivity index (χ0v) is 11.7. The average Bonchev–Trinajstić information content (AvgIpc) is 2.67. The molecule has 2 rings (SSSR count). The lowest BCUT2D eigenvalue weighted by Crippen LogP contribution is -1.94. The average molecular weight is 268 g/mol. The zero-order chi connectivity index (χ0) is 13.3. The first-order valence-electron chi connectivity index (χ1n) is 6.12. The number of hydrogen-bond donors (Lipinski definition) is 1. The Morgan fingerprint density at radius 2 is 2.17 bits per heavy atom. The van der Waals surface area contributed by atoms with Gasteiger partial charge in [-0.05, 0) is 25.5 Å². The van der Waals surface area contributed by atoms with E-state index in [1.807, 2.05) is 18.3 Å². The number of fused-ring (bicyclic) bond motifs is 1. The van der Waals surface area contributed by atoms with Crippen molar-refractivity contribution in [3.8, 4) is 5.75 Å². The van der Waals surface area contributed by atoms with E-state index in [0.717, 1.165) is 29.4 Å². The molecule has 0 radical (unpaired) electrons. The Bertz CT molecular complexity index is 560. The monoisotopic (exact) mass is 267 g/mol. The SMILES string of the molecule is CCCn1cc(C(C)O)c2cc(OC)c(Cl)cc21. The third-order valence-corrected chi connectivity index (χ3v) is 3.40. The van der Waals surface area contributed by atoms with Gasteiger partial charge < -0.3 is 14.4 Å². The topological polar surface area (TPSA) is 34.4 Å². The summed E-state index contributed by atoms with van der Waals surface area (Å²) in [6.07, 6.45) is 2.53. The summed E-state index contributed by atoms with van der Waals surface area (Å²) in [4.78, 5) is 0. The first kappa shape index (κ1) is 13.2. The minimum absolute atomic E-state index is 0.503. The summed E-state index contributed by atoms with van der Waals surface area (Å²) in [6.45, 7) is 4.80. The van der Waals surface area contributed by atoms with Gasteiger partial charge in [-0.1, -0.05) is 18.5 Å². The van der Waals surface area contributed by atoms with E-state index in [9.17, 15) is 5.11 Å². The number of aryl methyl sites for hydroxylation is 1. The molecule has 18 heavy (non-hydrogen) atoms. The smallest absolute Gasteiger partial charge is 0.138 e. The van der Waals surface area contributed by atoms with E-state index in [1.165, 1.54) is 0 Å². The quantitative estimate of drug-likeness (QED) is 0.915. The molecule has 0 fully saturated rings. The number of aliphatic hydroxyl groups excluding tert-OH is 1. The fraction of sp³-hybridized carbons (Fsp3) is 0.429. The molecule has 1 unspecified atom stereocenters. The van der Waals surface area contributed by atoms with Crippen LogP contribution in [0.1, 0.15) is 31.9 Å². The highest BCUT2D eigenvalue weighted by atomic mass is 35.5. The number of aliphatic hydroxyl groups is 1. The highest BCUT2D eigenvalue weighted by Crippen LogP contribution is 2.34. The first-order chi connectivity index (χ1) is 8.58. The van der Waals surface area contributed by atoms with Crippen molar-refractivity contribution in [1.82, 2.24) is 4.57 Å². The highest BCUT2D eigenvalue weighted by Gasteiger charge is 2.15. The normalized spacial score (nSPS) is 12.9. The van der Waals surface area contributed by atoms with Crippen molar-refractivity contribution in [3.63, 3.8) is 0 Å². The van der Waals surface area contributed by atoms with Crippen LogP contribution in [0.15, 0.2) is 18.3 Å². The first-order valence-corrected chi connectivity index (χ1v) is 6.50. The summed E-state index contributed by atoms with van der Waals surface area (Å²) in [6, 6.07) is 3.79. The lowest BCUT2D eigenvalue weighted by atomic mass is 10.1. The molecule has 1 N–H and O–H groups in total. The molecular formula is C14H18ClNO2. The van der Waals surface area contributed by atoms with E-state index in [0.29, 0.717) is 10.8 Å². The predicted octanol–water partition coefficient (Wildman–Crippen LogP) is 3.77. The van der Waals surface area contributed by atoms with Crippen LogP contribution in [0.4, 0.5) is 0 Å². The molecule has 0 aliphatic heterocycles. The van der Waals surface area contributed by atoms with E-state index >= 15 is 0 Å². The maximum absolute atomic E-state index is 9.85. The van der Waals surface area contributed by atoms with Gasteiger partial charge in [-0.2, -0.15) is 0 Å². The number of hydrogen-bond acceptors (Lipinski definition) is 2. The number of benzene rings is 1. The third kappa shape index (κ3) is 2.20. The largest absolute Gasteiger partial charge is 0.495 e. The summed E-state index contributed by atoms with van der Waals surface area (Å²) >= 11 is 6.16. The summed E-state index contributed by atoms with van der Waals surface area (Å²) < 4.78 is 7.36. The van der Waals surface area contributed by atoms with Crippen molar-refractivity contribution >= 4 is 22.5 Å². The molecule has 0 saturated heterocycles. The maximum atomic E-state index is 9.85. The molecule has 2 aromatic rings. The van der Waals surface area contributed by atoms with Crippen LogP contribution in [0.5, 0.6) is 5.75 Å². The van der Waals surface area contributed by atoms with Crippen molar-refractivity contribution < 1.29 is 9.84 Å². The lowest BCUT2D eigenvalue weighted by Gasteiger charge is -2.07. The molecule has 98 valence electrons. The van der Waals surface area contributed by atoms with E-state index in [-0.39, 0.29) is 0 Å². The van der Waals surface area contributed by atoms with Crippen molar-refractivity contribution in [3.05, 3.63) is 28.9 Å². The van der Waals surface area contributed by atoms with Gasteiger partial charge >= 0.3 is 0 Å². The molecule has 0 aliphatic rings. The molecule has 3 nitrogen and oxygen atoms in total. The van der Waals surface area contributed by atoms with Gasteiger partial charge in [0.15, 0.2) is 0 Å². The molecule has 4 heteroatoms. The number of nitrogens with zero attached hydrogens (tertiary/aromatic N) is 1. The second-order valence-corrected chi connectivity index (χ2v) is 4.86. The number of rotatable bonds is 4. The number of aromatic nitrogens is 1. The Labute approximate surface area is 112 Å². The van der Waals surface area contributed by atoms with Crippen LogP contribution in [0.3, 0.4) is 0 Å². The van der Waals surface area contributed by atoms with Crippen molar-refractivity contribution in [2.75, 3.05) is 7.11 Å². The Balaban J connectivity index is 2.70. The van der Waals surface area contributed by atoms with Crippen molar-refractivity contribution in [1.29, 1.82) is 0 Å². The highest BCUT2D eigenvalue weighted by molar-refractivity contribution is 6.32. The second kappa shape index (κ2) is 5.21. The Hall–Kier alpha value is -1.19. The van der Waals surface area contributed by atoms with Gasteiger partial charge in [0.05, 0.1) is 23.8 Å². The Kier molecular flexibility index (Phi) is 3.83. The summed E-state index contributed by atoms with van der Waals surface area (Å²) in [7, 11) is 1.60. The zero-order valence-electron chi connectivity index (χ0n) is 10.9. The fourth-order valence-electron chi connectivity index (χ4n) is 2.23. The van der Waals surface area contributed by atoms with Gasteiger partial charge in [-0.15, -0.1) is 0 Å². The van der Waals surface area contributed by atoms with Crippen LogP contribution < -0.4 is 4.74 Å². The molecule has 1 heterocycles. The van der Waals surface area contributed by atoms with Crippen LogP contribution in [-0.2, 0) is 6.54 Å². The lowest BCUT2D eigenvalue weighted by molar-refractivity contribution is 0.200. The van der Waals surface area contributed by atoms with Gasteiger partial charge in [0.2, 0.25) is 0 Å². The predicted molar refractivity (Wildman–Crippen MR) is 74.4 cm³/mol. The number of halogens is 1. The van der Waals surface area contributed by atoms with Gasteiger partial charge in [-0.25, -0.2) is 0 Å². The Morgan fingerprint density at radius 3 is 2.72 bits per heavy atom. The molecule has 1 aromatic heterocycles. The minimum atomic E-state index is -0.503. The van der Waals surface area contributed by atoms with Crippen LogP contribution in [0.25, 0.3) is 10.9 Å².